The van der Waals surface area contributed by atoms with E-state index in [4.69, 9.17) is 33.2 Å². The van der Waals surface area contributed by atoms with Crippen LogP contribution >= 0.6 is 51.7 Å². The van der Waals surface area contributed by atoms with Gasteiger partial charge in [0.1, 0.15) is 5.69 Å². The van der Waals surface area contributed by atoms with Gasteiger partial charge < -0.3 is 0 Å². The number of aliphatic imine (C=N–C) groups is 2. The van der Waals surface area contributed by atoms with Crippen LogP contribution in [0.1, 0.15) is 61.8 Å². The van der Waals surface area contributed by atoms with Gasteiger partial charge in [-0.25, -0.2) is 9.98 Å². The zero-order valence-electron chi connectivity index (χ0n) is 20.8. The van der Waals surface area contributed by atoms with Crippen molar-refractivity contribution in [2.24, 2.45) is 9.98 Å². The third-order valence-corrected chi connectivity index (χ3v) is 6.98. The van der Waals surface area contributed by atoms with Crippen molar-refractivity contribution in [3.8, 4) is 0 Å². The number of benzene rings is 4. The van der Waals surface area contributed by atoms with Gasteiger partial charge in [-0.3, -0.25) is 0 Å². The fraction of sp³-hybridized carbons (Fsp3) is 0.200. The molecular weight excluding hydrogens is 678 g/mol. The molecule has 0 N–H and O–H groups in total. The molecule has 0 spiro atoms. The molecule has 1 aliphatic rings. The van der Waals surface area contributed by atoms with E-state index in [1.165, 1.54) is 32.8 Å². The Hall–Kier alpha value is -1.49. The van der Waals surface area contributed by atoms with Crippen LogP contribution in [0.5, 0.6) is 0 Å². The van der Waals surface area contributed by atoms with Crippen LogP contribution in [0.25, 0.3) is 10.8 Å². The predicted molar refractivity (Wildman–Crippen MR) is 165 cm³/mol. The first kappa shape index (κ1) is 28.5. The van der Waals surface area contributed by atoms with Gasteiger partial charge in [-0.15, -0.1) is 0 Å². The van der Waals surface area contributed by atoms with E-state index >= 15 is 0 Å². The van der Waals surface area contributed by atoms with Gasteiger partial charge in [0.15, 0.2) is 0 Å². The number of halogens is 4. The average Bonchev–Trinajstić information content (AvgIpc) is 3.16. The molecule has 1 aliphatic carbocycles. The number of hydrogen-bond acceptors (Lipinski definition) is 2. The molecule has 0 bridgehead atoms. The van der Waals surface area contributed by atoms with E-state index in [1.807, 2.05) is 18.2 Å². The van der Waals surface area contributed by atoms with Gasteiger partial charge in [-0.2, -0.15) is 0 Å². The monoisotopic (exact) mass is 700 g/mol. The zero-order chi connectivity index (χ0) is 26.7. The summed E-state index contributed by atoms with van der Waals surface area (Å²) in [6.45, 7) is 8.86. The van der Waals surface area contributed by atoms with E-state index in [2.05, 4.69) is 111 Å². The molecule has 4 aromatic carbocycles. The van der Waals surface area contributed by atoms with E-state index in [0.29, 0.717) is 27.6 Å². The minimum absolute atomic E-state index is 0.344. The Bertz CT molecular complexity index is 1460. The molecule has 0 aromatic heterocycles. The van der Waals surface area contributed by atoms with Gasteiger partial charge in [0.05, 0.1) is 27.2 Å². The normalized spacial score (nSPS) is 14.8. The van der Waals surface area contributed by atoms with Gasteiger partial charge in [0.2, 0.25) is 0 Å². The molecule has 2 nitrogen and oxygen atoms in total. The molecule has 4 aromatic rings. The van der Waals surface area contributed by atoms with Crippen LogP contribution < -0.4 is 0 Å². The fourth-order valence-corrected chi connectivity index (χ4v) is 5.16. The Morgan fingerprint density at radius 2 is 1.03 bits per heavy atom. The molecule has 0 unspecified atom stereocenters. The van der Waals surface area contributed by atoms with Crippen LogP contribution in [0.4, 0.5) is 11.4 Å². The van der Waals surface area contributed by atoms with E-state index < -0.39 is 0 Å². The third kappa shape index (κ3) is 5.92. The summed E-state index contributed by atoms with van der Waals surface area (Å²) in [6.07, 6.45) is 0. The summed E-state index contributed by atoms with van der Waals surface area (Å²) in [7, 11) is 1.25. The van der Waals surface area contributed by atoms with Crippen LogP contribution in [-0.4, -0.2) is 11.4 Å². The first-order valence-electron chi connectivity index (χ1n) is 11.9. The van der Waals surface area contributed by atoms with Crippen molar-refractivity contribution < 1.29 is 10.9 Å². The summed E-state index contributed by atoms with van der Waals surface area (Å²) in [5, 5.41) is 3.37. The molecule has 5 rings (SSSR count). The molecule has 0 atom stereocenters. The molecule has 0 fully saturated rings. The molecule has 0 heterocycles. The van der Waals surface area contributed by atoms with Crippen LogP contribution in [0, 0.1) is 0 Å². The van der Waals surface area contributed by atoms with Crippen molar-refractivity contribution >= 4 is 85.2 Å². The molecule has 37 heavy (non-hydrogen) atoms. The van der Waals surface area contributed by atoms with Gasteiger partial charge in [-0.05, 0) is 40.5 Å². The summed E-state index contributed by atoms with van der Waals surface area (Å²) in [5.41, 5.74) is 7.87. The zero-order valence-corrected chi connectivity index (χ0v) is 26.5. The first-order chi connectivity index (χ1) is 17.8. The first-order valence-corrected chi connectivity index (χ1v) is 17.5. The third-order valence-electron chi connectivity index (χ3n) is 6.37. The van der Waals surface area contributed by atoms with E-state index in [-0.39, 0.29) is 0 Å². The Balaban J connectivity index is 0.00000102. The van der Waals surface area contributed by atoms with E-state index in [9.17, 15) is 0 Å². The maximum absolute atomic E-state index is 6.53. The minimum atomic E-state index is 0.344. The Morgan fingerprint density at radius 1 is 0.622 bits per heavy atom. The van der Waals surface area contributed by atoms with Gasteiger partial charge >= 0.3 is 39.3 Å². The summed E-state index contributed by atoms with van der Waals surface area (Å²) in [6, 6.07) is 24.6. The number of hydrogen-bond donors (Lipinski definition) is 0. The standard InChI is InChI=1S/C30H26Cl2N2.2BrH.Ni/c1-17(2)20-11-7-12-21(18(3)4)27(20)33-28-22-13-5-9-19-10-6-14-23(26(19)22)29(28)34-30-24(31)15-8-16-25(30)32;;;/h5-18H,1-4H3;2*1H;/q;;;+2/p-2. The van der Waals surface area contributed by atoms with Gasteiger partial charge in [0, 0.05) is 16.5 Å². The van der Waals surface area contributed by atoms with Crippen molar-refractivity contribution in [1.82, 2.24) is 0 Å². The average molecular weight is 704 g/mol. The second-order valence-electron chi connectivity index (χ2n) is 9.34. The second kappa shape index (κ2) is 12.6. The topological polar surface area (TPSA) is 24.7 Å². The summed E-state index contributed by atoms with van der Waals surface area (Å²) in [4.78, 5) is 10.4. The van der Waals surface area contributed by atoms with Crippen LogP contribution in [0.15, 0.2) is 82.8 Å². The van der Waals surface area contributed by atoms with Crippen molar-refractivity contribution in [1.29, 1.82) is 0 Å². The number of rotatable bonds is 4. The second-order valence-corrected chi connectivity index (χ2v) is 15.1. The number of para-hydroxylation sites is 2. The van der Waals surface area contributed by atoms with Crippen molar-refractivity contribution in [2.45, 2.75) is 39.5 Å². The van der Waals surface area contributed by atoms with E-state index in [0.717, 1.165) is 28.2 Å². The molecule has 0 amide bonds. The molecule has 0 radical (unpaired) electrons. The fourth-order valence-electron chi connectivity index (χ4n) is 4.68. The molecule has 0 saturated heterocycles. The summed E-state index contributed by atoms with van der Waals surface area (Å²) < 4.78 is 0. The van der Waals surface area contributed by atoms with Crippen LogP contribution in [0.2, 0.25) is 10.0 Å². The van der Waals surface area contributed by atoms with Gasteiger partial charge in [-0.1, -0.05) is 112 Å². The molecule has 0 saturated carbocycles. The summed E-state index contributed by atoms with van der Waals surface area (Å²) in [5.74, 6) is 0.687. The summed E-state index contributed by atoms with van der Waals surface area (Å²) >= 11 is 19.1. The number of nitrogens with zero attached hydrogens (tertiary/aromatic N) is 2. The molecule has 0 aliphatic heterocycles. The van der Waals surface area contributed by atoms with Crippen molar-refractivity contribution in [3.05, 3.63) is 105 Å². The van der Waals surface area contributed by atoms with Crippen LogP contribution in [-0.2, 0) is 10.9 Å². The van der Waals surface area contributed by atoms with Gasteiger partial charge in [0.25, 0.3) is 0 Å². The SMILES string of the molecule is CC(C)c1cccc(C(C)C)c1N=C1C(=Nc2c(Cl)cccc2Cl)c2cccc3cccc1c23.[Br][Ni][Br]. The quantitative estimate of drug-likeness (QED) is 0.189. The molecule has 194 valence electrons. The van der Waals surface area contributed by atoms with E-state index in [1.54, 1.807) is 0 Å². The Kier molecular flexibility index (Phi) is 9.70. The Labute approximate surface area is 249 Å². The maximum atomic E-state index is 6.53. The van der Waals surface area contributed by atoms with Crippen molar-refractivity contribution in [2.75, 3.05) is 0 Å². The van der Waals surface area contributed by atoms with Crippen LogP contribution in [0.3, 0.4) is 0 Å². The molecular formula is C30H26Br2Cl2N2Ni. The van der Waals surface area contributed by atoms with Crippen molar-refractivity contribution in [3.63, 3.8) is 0 Å². The molecule has 7 heteroatoms. The Morgan fingerprint density at radius 3 is 1.49 bits per heavy atom. The predicted octanol–water partition coefficient (Wildman–Crippen LogP) is 11.3.